The van der Waals surface area contributed by atoms with Gasteiger partial charge in [-0.25, -0.2) is 9.37 Å². The maximum absolute atomic E-state index is 12.4. The number of hydrogen-bond donors (Lipinski definition) is 0. The summed E-state index contributed by atoms with van der Waals surface area (Å²) in [6.07, 6.45) is 1.34. The lowest BCUT2D eigenvalue weighted by Crippen LogP contribution is -1.80. The minimum atomic E-state index is -0.460. The van der Waals surface area contributed by atoms with E-state index >= 15 is 0 Å². The third kappa shape index (κ3) is 1.40. The zero-order valence-electron chi connectivity index (χ0n) is 4.24. The van der Waals surface area contributed by atoms with Crippen LogP contribution in [0.5, 0.6) is 0 Å². The van der Waals surface area contributed by atoms with Crippen molar-refractivity contribution in [2.24, 2.45) is 0 Å². The van der Waals surface area contributed by atoms with Crippen LogP contribution < -0.4 is 0 Å². The first-order valence-electron chi connectivity index (χ1n) is 2.17. The minimum Gasteiger partial charge on any atom is -0.248 e. The maximum Gasteiger partial charge on any atom is 0.146 e. The molecule has 0 aliphatic carbocycles. The van der Waals surface area contributed by atoms with E-state index in [1.807, 2.05) is 0 Å². The number of hydrogen-bond acceptors (Lipinski definition) is 1. The second-order valence-corrected chi connectivity index (χ2v) is 2.53. The first kappa shape index (κ1) is 6.96. The molecule has 0 aliphatic heterocycles. The molecule has 1 aromatic heterocycles. The highest BCUT2D eigenvalue weighted by Gasteiger charge is 2.01. The Labute approximate surface area is 65.0 Å². The van der Waals surface area contributed by atoms with Crippen LogP contribution in [0.15, 0.2) is 16.9 Å². The molecule has 0 saturated carbocycles. The molecule has 0 aromatic carbocycles. The van der Waals surface area contributed by atoms with E-state index in [2.05, 4.69) is 20.9 Å². The molecule has 9 heavy (non-hydrogen) atoms. The van der Waals surface area contributed by atoms with Crippen molar-refractivity contribution < 1.29 is 4.39 Å². The van der Waals surface area contributed by atoms with Crippen molar-refractivity contribution in [1.82, 2.24) is 4.98 Å². The van der Waals surface area contributed by atoms with Gasteiger partial charge in [0.25, 0.3) is 0 Å². The number of nitrogens with zero attached hydrogens (tertiary/aromatic N) is 1. The normalized spacial score (nSPS) is 9.67. The molecule has 1 rings (SSSR count). The van der Waals surface area contributed by atoms with Gasteiger partial charge in [-0.2, -0.15) is 0 Å². The first-order valence-corrected chi connectivity index (χ1v) is 3.34. The summed E-state index contributed by atoms with van der Waals surface area (Å²) in [4.78, 5) is 3.68. The summed E-state index contributed by atoms with van der Waals surface area (Å²) in [6, 6.07) is 1.20. The van der Waals surface area contributed by atoms with E-state index in [-0.39, 0.29) is 5.02 Å². The van der Waals surface area contributed by atoms with Gasteiger partial charge >= 0.3 is 0 Å². The van der Waals surface area contributed by atoms with Crippen LogP contribution in [0.3, 0.4) is 0 Å². The van der Waals surface area contributed by atoms with Crippen LogP contribution in [0.4, 0.5) is 4.39 Å². The average Bonchev–Trinajstić information content (AvgIpc) is 1.83. The lowest BCUT2D eigenvalue weighted by molar-refractivity contribution is 0.624. The zero-order valence-corrected chi connectivity index (χ0v) is 6.58. The van der Waals surface area contributed by atoms with Crippen LogP contribution in [-0.2, 0) is 0 Å². The fraction of sp³-hybridized carbons (Fsp3) is 0. The average molecular weight is 210 g/mol. The maximum atomic E-state index is 12.4. The van der Waals surface area contributed by atoms with Gasteiger partial charge in [0.15, 0.2) is 0 Å². The van der Waals surface area contributed by atoms with Crippen molar-refractivity contribution >= 4 is 27.5 Å². The van der Waals surface area contributed by atoms with Crippen LogP contribution in [-0.4, -0.2) is 4.98 Å². The highest BCUT2D eigenvalue weighted by Crippen LogP contribution is 2.21. The van der Waals surface area contributed by atoms with Gasteiger partial charge in [0.1, 0.15) is 15.4 Å². The second-order valence-electron chi connectivity index (χ2n) is 1.40. The second kappa shape index (κ2) is 2.62. The van der Waals surface area contributed by atoms with E-state index in [9.17, 15) is 4.39 Å². The van der Waals surface area contributed by atoms with Crippen LogP contribution in [0.25, 0.3) is 0 Å². The number of aromatic nitrogens is 1. The highest BCUT2D eigenvalue weighted by atomic mass is 79.9. The van der Waals surface area contributed by atoms with Crippen molar-refractivity contribution in [3.05, 3.63) is 27.7 Å². The van der Waals surface area contributed by atoms with Crippen molar-refractivity contribution in [3.63, 3.8) is 0 Å². The Bertz CT molecular complexity index is 208. The Morgan fingerprint density at radius 3 is 2.78 bits per heavy atom. The van der Waals surface area contributed by atoms with Gasteiger partial charge in [0, 0.05) is 6.20 Å². The Hall–Kier alpha value is -0.150. The van der Waals surface area contributed by atoms with E-state index in [1.165, 1.54) is 12.3 Å². The molecule has 0 fully saturated rings. The van der Waals surface area contributed by atoms with E-state index in [1.54, 1.807) is 0 Å². The summed E-state index contributed by atoms with van der Waals surface area (Å²) in [5, 5.41) is 0.0255. The predicted molar refractivity (Wildman–Crippen MR) is 36.9 cm³/mol. The molecule has 0 radical (unpaired) electrons. The molecule has 1 heterocycles. The highest BCUT2D eigenvalue weighted by molar-refractivity contribution is 9.10. The summed E-state index contributed by atoms with van der Waals surface area (Å²) in [7, 11) is 0. The quantitative estimate of drug-likeness (QED) is 0.600. The Balaban J connectivity index is 3.25. The number of rotatable bonds is 0. The van der Waals surface area contributed by atoms with Gasteiger partial charge in [0.2, 0.25) is 0 Å². The summed E-state index contributed by atoms with van der Waals surface area (Å²) >= 11 is 8.36. The Morgan fingerprint density at radius 2 is 2.33 bits per heavy atom. The van der Waals surface area contributed by atoms with Crippen LogP contribution in [0.2, 0.25) is 5.02 Å². The van der Waals surface area contributed by atoms with E-state index in [4.69, 9.17) is 11.6 Å². The summed E-state index contributed by atoms with van der Waals surface area (Å²) in [6.45, 7) is 0. The van der Waals surface area contributed by atoms with E-state index in [0.717, 1.165) is 0 Å². The summed E-state index contributed by atoms with van der Waals surface area (Å²) in [5.41, 5.74) is 0. The van der Waals surface area contributed by atoms with Crippen LogP contribution in [0, 0.1) is 5.82 Å². The first-order chi connectivity index (χ1) is 4.22. The van der Waals surface area contributed by atoms with Crippen molar-refractivity contribution in [3.8, 4) is 0 Å². The molecule has 0 aliphatic rings. The molecular formula is C5H2BrClFN. The van der Waals surface area contributed by atoms with Gasteiger partial charge in [-0.15, -0.1) is 0 Å². The molecule has 1 aromatic rings. The molecule has 0 spiro atoms. The van der Waals surface area contributed by atoms with E-state index in [0.29, 0.717) is 4.60 Å². The third-order valence-electron chi connectivity index (χ3n) is 0.800. The lowest BCUT2D eigenvalue weighted by atomic mass is 10.5. The fourth-order valence-electron chi connectivity index (χ4n) is 0.397. The van der Waals surface area contributed by atoms with Gasteiger partial charge in [-0.05, 0) is 22.0 Å². The van der Waals surface area contributed by atoms with E-state index < -0.39 is 5.82 Å². The summed E-state index contributed by atoms with van der Waals surface area (Å²) < 4.78 is 12.7. The van der Waals surface area contributed by atoms with Gasteiger partial charge in [-0.1, -0.05) is 11.6 Å². The molecule has 0 atom stereocenters. The van der Waals surface area contributed by atoms with Gasteiger partial charge < -0.3 is 0 Å². The Kier molecular flexibility index (Phi) is 2.03. The molecule has 0 saturated heterocycles. The fourth-order valence-corrected chi connectivity index (χ4v) is 0.816. The Morgan fingerprint density at radius 1 is 1.67 bits per heavy atom. The SMILES string of the molecule is Fc1ccnc(Br)c1Cl. The lowest BCUT2D eigenvalue weighted by Gasteiger charge is -1.92. The standard InChI is InChI=1S/C5H2BrClFN/c6-5-4(7)3(8)1-2-9-5/h1-2H. The third-order valence-corrected chi connectivity index (χ3v) is 1.99. The molecule has 0 amide bonds. The topological polar surface area (TPSA) is 12.9 Å². The van der Waals surface area contributed by atoms with Crippen molar-refractivity contribution in [2.75, 3.05) is 0 Å². The van der Waals surface area contributed by atoms with Gasteiger partial charge in [0.05, 0.1) is 0 Å². The van der Waals surface area contributed by atoms with Gasteiger partial charge in [-0.3, -0.25) is 0 Å². The van der Waals surface area contributed by atoms with Crippen molar-refractivity contribution in [1.29, 1.82) is 0 Å². The molecule has 0 unspecified atom stereocenters. The molecule has 0 bridgehead atoms. The minimum absolute atomic E-state index is 0.0255. The van der Waals surface area contributed by atoms with Crippen LogP contribution >= 0.6 is 27.5 Å². The van der Waals surface area contributed by atoms with Crippen molar-refractivity contribution in [2.45, 2.75) is 0 Å². The molecular weight excluding hydrogens is 208 g/mol. The monoisotopic (exact) mass is 209 g/mol. The molecule has 48 valence electrons. The molecule has 1 nitrogen and oxygen atoms in total. The predicted octanol–water partition coefficient (Wildman–Crippen LogP) is 2.64. The van der Waals surface area contributed by atoms with Crippen LogP contribution in [0.1, 0.15) is 0 Å². The number of pyridine rings is 1. The number of halogens is 3. The molecule has 4 heteroatoms. The zero-order chi connectivity index (χ0) is 6.85. The summed E-state index contributed by atoms with van der Waals surface area (Å²) in [5.74, 6) is -0.460. The largest absolute Gasteiger partial charge is 0.248 e. The smallest absolute Gasteiger partial charge is 0.146 e. The molecule has 0 N–H and O–H groups in total.